The minimum absolute atomic E-state index is 0.186. The van der Waals surface area contributed by atoms with Crippen LogP contribution in [0.2, 0.25) is 0 Å². The summed E-state index contributed by atoms with van der Waals surface area (Å²) in [4.78, 5) is 17.3. The lowest BCUT2D eigenvalue weighted by Gasteiger charge is -2.08. The molecule has 0 saturated heterocycles. The van der Waals surface area contributed by atoms with Gasteiger partial charge in [0.15, 0.2) is 5.65 Å². The molecule has 0 aliphatic rings. The van der Waals surface area contributed by atoms with Crippen LogP contribution in [0.3, 0.4) is 0 Å². The largest absolute Gasteiger partial charge is 0.494 e. The van der Waals surface area contributed by atoms with Crippen molar-refractivity contribution in [2.75, 3.05) is 11.9 Å². The van der Waals surface area contributed by atoms with Gasteiger partial charge in [0.2, 0.25) is 0 Å². The maximum Gasteiger partial charge on any atom is 0.255 e. The van der Waals surface area contributed by atoms with Crippen molar-refractivity contribution in [2.24, 2.45) is 0 Å². The highest BCUT2D eigenvalue weighted by molar-refractivity contribution is 6.05. The maximum absolute atomic E-state index is 12.7. The zero-order valence-electron chi connectivity index (χ0n) is 18.5. The number of rotatable bonds is 9. The summed E-state index contributed by atoms with van der Waals surface area (Å²) >= 11 is 0. The zero-order chi connectivity index (χ0) is 22.3. The van der Waals surface area contributed by atoms with Gasteiger partial charge in [0.25, 0.3) is 5.91 Å². The molecular formula is C26H28N4O2. The van der Waals surface area contributed by atoms with Crippen molar-refractivity contribution in [3.05, 3.63) is 78.1 Å². The second-order valence-corrected chi connectivity index (χ2v) is 7.82. The molecule has 4 rings (SSSR count). The van der Waals surface area contributed by atoms with E-state index in [1.54, 1.807) is 18.3 Å². The van der Waals surface area contributed by atoms with E-state index in [4.69, 9.17) is 4.74 Å². The third-order valence-corrected chi connectivity index (χ3v) is 5.35. The first-order valence-corrected chi connectivity index (χ1v) is 11.1. The number of pyridine rings is 1. The van der Waals surface area contributed by atoms with Crippen LogP contribution in [-0.2, 0) is 0 Å². The van der Waals surface area contributed by atoms with E-state index in [2.05, 4.69) is 22.3 Å². The van der Waals surface area contributed by atoms with Crippen LogP contribution in [0, 0.1) is 6.92 Å². The predicted octanol–water partition coefficient (Wildman–Crippen LogP) is 5.94. The molecule has 32 heavy (non-hydrogen) atoms. The molecule has 0 fully saturated rings. The minimum Gasteiger partial charge on any atom is -0.494 e. The van der Waals surface area contributed by atoms with Crippen molar-refractivity contribution in [3.63, 3.8) is 0 Å². The number of benzene rings is 2. The average molecular weight is 429 g/mol. The normalized spacial score (nSPS) is 10.9. The predicted molar refractivity (Wildman–Crippen MR) is 128 cm³/mol. The van der Waals surface area contributed by atoms with Crippen molar-refractivity contribution in [3.8, 4) is 11.4 Å². The molecule has 0 aliphatic carbocycles. The monoisotopic (exact) mass is 428 g/mol. The van der Waals surface area contributed by atoms with E-state index in [-0.39, 0.29) is 5.91 Å². The second kappa shape index (κ2) is 10.1. The lowest BCUT2D eigenvalue weighted by molar-refractivity contribution is 0.102. The Morgan fingerprint density at radius 2 is 1.81 bits per heavy atom. The Kier molecular flexibility index (Phi) is 6.80. The van der Waals surface area contributed by atoms with Crippen LogP contribution < -0.4 is 10.1 Å². The molecule has 0 atom stereocenters. The van der Waals surface area contributed by atoms with Crippen LogP contribution in [0.15, 0.2) is 66.9 Å². The molecule has 6 heteroatoms. The Bertz CT molecular complexity index is 1180. The van der Waals surface area contributed by atoms with E-state index in [0.29, 0.717) is 17.9 Å². The first-order valence-electron chi connectivity index (χ1n) is 11.1. The third kappa shape index (κ3) is 4.97. The number of hydrogen-bond donors (Lipinski definition) is 1. The van der Waals surface area contributed by atoms with Gasteiger partial charge in [0.1, 0.15) is 5.75 Å². The van der Waals surface area contributed by atoms with E-state index in [9.17, 15) is 4.79 Å². The quantitative estimate of drug-likeness (QED) is 0.335. The number of anilines is 1. The van der Waals surface area contributed by atoms with Gasteiger partial charge in [-0.2, -0.15) is 5.10 Å². The van der Waals surface area contributed by atoms with E-state index in [0.717, 1.165) is 34.6 Å². The van der Waals surface area contributed by atoms with Crippen LogP contribution in [0.1, 0.15) is 48.7 Å². The van der Waals surface area contributed by atoms with E-state index >= 15 is 0 Å². The fourth-order valence-corrected chi connectivity index (χ4v) is 3.59. The summed E-state index contributed by atoms with van der Waals surface area (Å²) < 4.78 is 7.57. The smallest absolute Gasteiger partial charge is 0.255 e. The van der Waals surface area contributed by atoms with Crippen molar-refractivity contribution >= 4 is 22.6 Å². The Balaban J connectivity index is 1.43. The zero-order valence-corrected chi connectivity index (χ0v) is 18.5. The summed E-state index contributed by atoms with van der Waals surface area (Å²) in [6.45, 7) is 4.83. The highest BCUT2D eigenvalue weighted by Crippen LogP contribution is 2.23. The fourth-order valence-electron chi connectivity index (χ4n) is 3.59. The summed E-state index contributed by atoms with van der Waals surface area (Å²) in [7, 11) is 0. The van der Waals surface area contributed by atoms with Crippen LogP contribution >= 0.6 is 0 Å². The number of nitrogens with one attached hydrogen (secondary N) is 1. The number of nitrogens with zero attached hydrogens (tertiary/aromatic N) is 3. The van der Waals surface area contributed by atoms with Crippen LogP contribution in [0.25, 0.3) is 16.7 Å². The molecule has 6 nitrogen and oxygen atoms in total. The van der Waals surface area contributed by atoms with Gasteiger partial charge < -0.3 is 10.1 Å². The van der Waals surface area contributed by atoms with E-state index in [1.807, 2.05) is 60.1 Å². The van der Waals surface area contributed by atoms with Gasteiger partial charge in [-0.1, -0.05) is 44.4 Å². The molecule has 2 heterocycles. The van der Waals surface area contributed by atoms with Crippen molar-refractivity contribution in [1.29, 1.82) is 0 Å². The second-order valence-electron chi connectivity index (χ2n) is 7.82. The molecule has 0 unspecified atom stereocenters. The van der Waals surface area contributed by atoms with Gasteiger partial charge in [-0.25, -0.2) is 9.67 Å². The molecule has 2 aromatic heterocycles. The van der Waals surface area contributed by atoms with Gasteiger partial charge in [0.05, 0.1) is 29.9 Å². The summed E-state index contributed by atoms with van der Waals surface area (Å²) in [5.41, 5.74) is 3.76. The highest BCUT2D eigenvalue weighted by atomic mass is 16.5. The fraction of sp³-hybridized carbons (Fsp3) is 0.269. The topological polar surface area (TPSA) is 69.0 Å². The Morgan fingerprint density at radius 3 is 2.56 bits per heavy atom. The Morgan fingerprint density at radius 1 is 1.03 bits per heavy atom. The lowest BCUT2D eigenvalue weighted by atomic mass is 10.2. The average Bonchev–Trinajstić information content (AvgIpc) is 3.16. The summed E-state index contributed by atoms with van der Waals surface area (Å²) in [5.74, 6) is 0.596. The van der Waals surface area contributed by atoms with Crippen molar-refractivity contribution < 1.29 is 9.53 Å². The molecular weight excluding hydrogens is 400 g/mol. The van der Waals surface area contributed by atoms with Gasteiger partial charge in [-0.05, 0) is 55.8 Å². The Hall–Kier alpha value is -3.67. The summed E-state index contributed by atoms with van der Waals surface area (Å²) in [6.07, 6.45) is 6.33. The number of carbonyl (C=O) groups is 1. The number of para-hydroxylation sites is 1. The number of ether oxygens (including phenoxy) is 1. The van der Waals surface area contributed by atoms with Gasteiger partial charge in [-0.15, -0.1) is 0 Å². The van der Waals surface area contributed by atoms with Gasteiger partial charge in [-0.3, -0.25) is 4.79 Å². The lowest BCUT2D eigenvalue weighted by Crippen LogP contribution is -2.12. The SMILES string of the molecule is CCCCCCOc1ccc(C(=O)Nc2cnc3c(c2)c(C)nn3-c2ccccc2)cc1. The van der Waals surface area contributed by atoms with Crippen molar-refractivity contribution in [1.82, 2.24) is 14.8 Å². The number of aryl methyl sites for hydroxylation is 1. The molecule has 2 aromatic carbocycles. The molecule has 4 aromatic rings. The highest BCUT2D eigenvalue weighted by Gasteiger charge is 2.13. The van der Waals surface area contributed by atoms with E-state index < -0.39 is 0 Å². The Labute approximate surface area is 188 Å². The molecule has 0 spiro atoms. The van der Waals surface area contributed by atoms with Gasteiger partial charge >= 0.3 is 0 Å². The first kappa shape index (κ1) is 21.6. The molecule has 164 valence electrons. The minimum atomic E-state index is -0.186. The standard InChI is InChI=1S/C26H28N4O2/c1-3-4-5-9-16-32-23-14-12-20(13-15-23)26(31)28-21-17-24-19(2)29-30(25(24)27-18-21)22-10-7-6-8-11-22/h6-8,10-15,17-18H,3-5,9,16H2,1-2H3,(H,28,31). The first-order chi connectivity index (χ1) is 15.7. The van der Waals surface area contributed by atoms with Crippen LogP contribution in [0.5, 0.6) is 5.75 Å². The van der Waals surface area contributed by atoms with Crippen LogP contribution in [0.4, 0.5) is 5.69 Å². The van der Waals surface area contributed by atoms with Gasteiger partial charge in [0, 0.05) is 10.9 Å². The number of hydrogen-bond acceptors (Lipinski definition) is 4. The molecule has 0 aliphatic heterocycles. The van der Waals surface area contributed by atoms with Crippen LogP contribution in [-0.4, -0.2) is 27.3 Å². The van der Waals surface area contributed by atoms with Crippen molar-refractivity contribution in [2.45, 2.75) is 39.5 Å². The third-order valence-electron chi connectivity index (χ3n) is 5.35. The molecule has 1 N–H and O–H groups in total. The number of carbonyl (C=O) groups excluding carboxylic acids is 1. The molecule has 0 radical (unpaired) electrons. The maximum atomic E-state index is 12.7. The number of fused-ring (bicyclic) bond motifs is 1. The number of aromatic nitrogens is 3. The summed E-state index contributed by atoms with van der Waals surface area (Å²) in [5, 5.41) is 8.45. The van der Waals surface area contributed by atoms with E-state index in [1.165, 1.54) is 19.3 Å². The summed E-state index contributed by atoms with van der Waals surface area (Å²) in [6, 6.07) is 19.0. The molecule has 0 bridgehead atoms. The molecule has 0 saturated carbocycles. The number of amides is 1. The number of unbranched alkanes of at least 4 members (excludes halogenated alkanes) is 3. The molecule has 1 amide bonds.